The van der Waals surface area contributed by atoms with Crippen molar-refractivity contribution in [3.05, 3.63) is 303 Å². The van der Waals surface area contributed by atoms with Crippen molar-refractivity contribution in [2.24, 2.45) is 0 Å². The Morgan fingerprint density at radius 2 is 0.533 bits per heavy atom. The number of rotatable bonds is 4. The van der Waals surface area contributed by atoms with E-state index in [1.165, 1.54) is 66.7 Å². The molecular weight excluding hydrogens is 1860 g/mol. The van der Waals surface area contributed by atoms with Crippen LogP contribution in [0.2, 0.25) is 0 Å². The van der Waals surface area contributed by atoms with Crippen molar-refractivity contribution in [1.82, 2.24) is 56.4 Å². The third-order valence-electron chi connectivity index (χ3n) is 23.3. The molecule has 0 N–H and O–H groups in total. The highest BCUT2D eigenvalue weighted by atomic mass is 32.1. The van der Waals surface area contributed by atoms with Crippen molar-refractivity contribution in [3.8, 4) is 44.2 Å². The molecule has 0 spiro atoms. The second-order valence-corrected chi connectivity index (χ2v) is 36.4. The van der Waals surface area contributed by atoms with Crippen LogP contribution in [0.15, 0.2) is 219 Å². The largest absolute Gasteiger partial charge is 0.422 e. The van der Waals surface area contributed by atoms with Crippen molar-refractivity contribution >= 4 is 140 Å². The molecule has 0 aliphatic rings. The molecule has 11 nitrogen and oxygen atoms in total. The van der Waals surface area contributed by atoms with Crippen molar-refractivity contribution in [2.75, 3.05) is 0 Å². The van der Waals surface area contributed by atoms with E-state index in [9.17, 15) is 92.2 Å². The molecule has 20 rings (SSSR count). The summed E-state index contributed by atoms with van der Waals surface area (Å²) >= 11 is 1.01. The quantitative estimate of drug-likeness (QED) is 0.123. The molecule has 0 aliphatic carbocycles. The van der Waals surface area contributed by atoms with Crippen LogP contribution in [0, 0.1) is 34.9 Å². The van der Waals surface area contributed by atoms with Gasteiger partial charge in [-0.3, -0.25) is 0 Å². The first-order valence-corrected chi connectivity index (χ1v) is 42.1. The van der Waals surface area contributed by atoms with E-state index in [4.69, 9.17) is 0 Å². The number of hydrogen-bond acceptors (Lipinski definition) is 12. The summed E-state index contributed by atoms with van der Waals surface area (Å²) in [5, 5.41) is 45.2. The predicted molar refractivity (Wildman–Crippen MR) is 477 cm³/mol. The maximum absolute atomic E-state index is 16.0. The maximum Gasteiger partial charge on any atom is 0.422 e. The smallest absolute Gasteiger partial charge is 0.205 e. The third kappa shape index (κ3) is 17.2. The number of aromatic nitrogens is 11. The van der Waals surface area contributed by atoms with E-state index < -0.39 is 149 Å². The summed E-state index contributed by atoms with van der Waals surface area (Å²) in [6.07, 6.45) is -31.3. The molecule has 0 amide bonds. The molecule has 5 aromatic heterocycles. The van der Waals surface area contributed by atoms with Gasteiger partial charge in [0, 0.05) is 48.0 Å². The standard InChI is InChI=1S/C30H21F4N3.C27H17F8N3.C26H19F4N3.C18H6F8N2S/c1-29(2,3)23-15-19(13-18-12-16-8-4-5-9-17(16)14-22(18)23)27-24-26(31)21-11-7-6-10-20(21)25(30(32,33)34)28(24)36-37-35-27;1-25(2,3)17-11-15(9-14-8-12-6-4-5-7-13(12)10-16(14)17)23-18-21(28)19(26(30,31)32)22(29)20(27(33,34)35)24(18)37-38-36-23;1-25(2,3)19-13-15(12-14-8-4-5-9-16(14)19)23-20-22(27)18-11-7-6-10-17(18)21(26(28,29)30)24(20)32-33-31-23;19-14-11-8(10-5-7-3-1-2-4-9(7)29-10)6-27-28-16(11)13(18(24,25)26)15(20)12(14)17(21,22)23/h4-15H,1-3H3;4-11H,1-3H3;4-13H,1-3H3;1-6H. The number of benzene rings is 15. The number of thiophene rings is 1. The Balaban J connectivity index is 0.000000127. The van der Waals surface area contributed by atoms with Gasteiger partial charge in [-0.1, -0.05) is 202 Å². The number of hydrogen-bond donors (Lipinski definition) is 0. The molecule has 5 heterocycles. The minimum absolute atomic E-state index is 0.00404. The van der Waals surface area contributed by atoms with Gasteiger partial charge in [0.05, 0.1) is 33.5 Å². The molecule has 0 saturated carbocycles. The first kappa shape index (κ1) is 94.3. The van der Waals surface area contributed by atoms with Gasteiger partial charge in [-0.25, -0.2) is 26.3 Å². The average molecular weight is 1920 g/mol. The summed E-state index contributed by atoms with van der Waals surface area (Å²) < 4.78 is 339. The summed E-state index contributed by atoms with van der Waals surface area (Å²) in [7, 11) is 0. The second kappa shape index (κ2) is 33.8. The highest BCUT2D eigenvalue weighted by Crippen LogP contribution is 2.53. The van der Waals surface area contributed by atoms with Crippen LogP contribution in [-0.2, 0) is 53.3 Å². The van der Waals surface area contributed by atoms with E-state index in [0.29, 0.717) is 32.2 Å². The fraction of sp³-hybridized carbons (Fsp3) is 0.178. The number of alkyl halides is 18. The monoisotopic (exact) mass is 1920 g/mol. The molecule has 696 valence electrons. The van der Waals surface area contributed by atoms with Crippen LogP contribution in [0.1, 0.15) is 112 Å². The van der Waals surface area contributed by atoms with Crippen molar-refractivity contribution < 1.29 is 105 Å². The molecule has 36 heteroatoms. The molecule has 0 fully saturated rings. The van der Waals surface area contributed by atoms with Crippen molar-refractivity contribution in [1.29, 1.82) is 0 Å². The van der Waals surface area contributed by atoms with Gasteiger partial charge in [-0.2, -0.15) is 84.1 Å². The fourth-order valence-electron chi connectivity index (χ4n) is 17.3. The van der Waals surface area contributed by atoms with Crippen LogP contribution in [0.25, 0.3) is 173 Å². The molecule has 0 aliphatic heterocycles. The summed E-state index contributed by atoms with van der Waals surface area (Å²) in [6.45, 7) is 17.9. The summed E-state index contributed by atoms with van der Waals surface area (Å²) in [6, 6.07) is 60.6. The first-order valence-electron chi connectivity index (χ1n) is 41.3. The molecule has 0 saturated heterocycles. The first-order chi connectivity index (χ1) is 64.2. The van der Waals surface area contributed by atoms with E-state index >= 15 is 13.2 Å². The van der Waals surface area contributed by atoms with Gasteiger partial charge in [0.25, 0.3) is 0 Å². The Bertz CT molecular complexity index is 8320. The highest BCUT2D eigenvalue weighted by Gasteiger charge is 2.50. The second-order valence-electron chi connectivity index (χ2n) is 35.3. The van der Waals surface area contributed by atoms with Gasteiger partial charge in [0.2, 0.25) is 0 Å². The van der Waals surface area contributed by atoms with Gasteiger partial charge in [0.1, 0.15) is 84.7 Å². The summed E-state index contributed by atoms with van der Waals surface area (Å²) in [5.41, 5.74) is -14.3. The van der Waals surface area contributed by atoms with Crippen LogP contribution in [0.3, 0.4) is 0 Å². The van der Waals surface area contributed by atoms with Crippen LogP contribution in [0.4, 0.5) is 105 Å². The Kier molecular flexibility index (Phi) is 23.3. The van der Waals surface area contributed by atoms with Crippen LogP contribution < -0.4 is 0 Å². The van der Waals surface area contributed by atoms with Gasteiger partial charge in [-0.05, 0) is 191 Å². The highest BCUT2D eigenvalue weighted by molar-refractivity contribution is 7.22. The number of nitrogens with zero attached hydrogens (tertiary/aromatic N) is 11. The lowest BCUT2D eigenvalue weighted by atomic mass is 9.81. The Hall–Kier alpha value is -14.5. The molecule has 20 aromatic rings. The van der Waals surface area contributed by atoms with E-state index in [0.717, 1.165) is 77.1 Å². The lowest BCUT2D eigenvalue weighted by molar-refractivity contribution is -0.150. The van der Waals surface area contributed by atoms with Crippen molar-refractivity contribution in [2.45, 2.75) is 116 Å². The van der Waals surface area contributed by atoms with Crippen LogP contribution in [0.5, 0.6) is 0 Å². The Morgan fingerprint density at radius 3 is 0.905 bits per heavy atom. The molecule has 0 bridgehead atoms. The SMILES string of the molecule is CC(C)(C)c1cc(-c2nnnc3c(C(F)(F)F)c(F)c(C(F)(F)F)c(F)c23)cc2cc3ccccc3cc12.CC(C)(C)c1cc(-c2nnnc3c(C(F)(F)F)c4ccccc4c(F)c23)cc2cc3ccccc3cc12.CC(C)(C)c1cc(-c2nnnc3c(C(F)(F)F)c4ccccc4c(F)c23)cc2ccccc12.Fc1c(C(F)(F)F)c(F)c2c(-c3cc4ccccc4s3)cnnc2c1C(F)(F)F. The lowest BCUT2D eigenvalue weighted by Gasteiger charge is -2.23. The van der Waals surface area contributed by atoms with Gasteiger partial charge < -0.3 is 0 Å². The minimum atomic E-state index is -5.76. The average Bonchev–Trinajstić information content (AvgIpc) is 0.923. The zero-order chi connectivity index (χ0) is 98.6. The van der Waals surface area contributed by atoms with Crippen LogP contribution in [-0.4, -0.2) is 56.4 Å². The van der Waals surface area contributed by atoms with E-state index in [1.807, 2.05) is 145 Å². The van der Waals surface area contributed by atoms with E-state index in [2.05, 4.69) is 83.3 Å². The van der Waals surface area contributed by atoms with E-state index in [1.54, 1.807) is 36.4 Å². The lowest BCUT2D eigenvalue weighted by Crippen LogP contribution is -2.20. The van der Waals surface area contributed by atoms with Gasteiger partial charge in [0.15, 0.2) is 11.6 Å². The van der Waals surface area contributed by atoms with Gasteiger partial charge >= 0.3 is 37.1 Å². The summed E-state index contributed by atoms with van der Waals surface area (Å²) in [4.78, 5) is 0.165. The fourth-order valence-corrected chi connectivity index (χ4v) is 18.4. The zero-order valence-electron chi connectivity index (χ0n) is 72.2. The van der Waals surface area contributed by atoms with E-state index in [-0.39, 0.29) is 70.5 Å². The molecule has 0 unspecified atom stereocenters. The number of fused-ring (bicyclic) bond motifs is 12. The Morgan fingerprint density at radius 1 is 0.234 bits per heavy atom. The minimum Gasteiger partial charge on any atom is -0.205 e. The summed E-state index contributed by atoms with van der Waals surface area (Å²) in [5.74, 6) is -11.6. The van der Waals surface area contributed by atoms with Crippen molar-refractivity contribution in [3.63, 3.8) is 0 Å². The normalized spacial score (nSPS) is 12.9. The van der Waals surface area contributed by atoms with Crippen LogP contribution >= 0.6 is 11.3 Å². The Labute approximate surface area is 761 Å². The molecular formula is C101H63F24N11S. The molecule has 0 radical (unpaired) electrons. The molecule has 137 heavy (non-hydrogen) atoms. The van der Waals surface area contributed by atoms with Gasteiger partial charge in [-0.15, -0.1) is 47.0 Å². The maximum atomic E-state index is 16.0. The predicted octanol–water partition coefficient (Wildman–Crippen LogP) is 31.5. The molecule has 0 atom stereocenters. The molecule has 15 aromatic carbocycles. The third-order valence-corrected chi connectivity index (χ3v) is 24.4. The number of halogens is 24. The zero-order valence-corrected chi connectivity index (χ0v) is 73.0. The topological polar surface area (TPSA) is 142 Å².